The van der Waals surface area contributed by atoms with Gasteiger partial charge < -0.3 is 35.8 Å². The Hall–Kier alpha value is -14.6. The van der Waals surface area contributed by atoms with Gasteiger partial charge in [-0.2, -0.15) is 0 Å². The fourth-order valence-electron chi connectivity index (χ4n) is 12.1. The molecule has 8 N–H and O–H groups in total. The normalized spacial score (nSPS) is 11.9. The number of aromatic hydroxyl groups is 4. The molecule has 106 heavy (non-hydrogen) atoms. The number of pyridine rings is 3. The second-order valence-electron chi connectivity index (χ2n) is 23.6. The number of phenolic OH excluding ortho intramolecular Hbond substituents is 2. The van der Waals surface area contributed by atoms with Crippen LogP contribution in [0.1, 0.15) is 113 Å². The highest BCUT2D eigenvalue weighted by Gasteiger charge is 2.36. The number of methoxy groups -OCH3 is 1. The molecule has 8 aromatic rings. The molecule has 4 aliphatic carbocycles. The molecule has 0 saturated carbocycles. The number of aromatic nitrogens is 3. The van der Waals surface area contributed by atoms with Gasteiger partial charge in [0.2, 0.25) is 27.9 Å². The van der Waals surface area contributed by atoms with Crippen molar-refractivity contribution in [1.82, 2.24) is 14.1 Å². The van der Waals surface area contributed by atoms with E-state index in [1.165, 1.54) is 74.5 Å². The number of nitro benzene ring substituents is 1. The van der Waals surface area contributed by atoms with Gasteiger partial charge in [-0.05, 0) is 92.8 Å². The number of azo groups is 2. The molecule has 12 rings (SSSR count). The SMILES string of the molecule is [C-]#[N+]c1c(C)c(N=Nc2cccc3c2C(=O)c2cccc(O)c2C3=O)c(=O)n(CCCC)c1O.[C-]#[N+]c1c(C)c(NNc2ccc([N+](=O)[O-])c3c(=O)c4c(=O)ccc(=O)c=4c(=O)c23)c(=O)n(CCC)c1O.[C-]#[N+]c1c(NCCOC)nc(NC)c(N=Nc2cccc3c2C(=O)c2cccc(O)c2C3=O)c1C. The van der Waals surface area contributed by atoms with E-state index in [0.29, 0.717) is 54.6 Å². The number of carbonyl (C=O) groups is 4. The Balaban J connectivity index is 0.000000170. The quantitative estimate of drug-likeness (QED) is 0.0130. The lowest BCUT2D eigenvalue weighted by molar-refractivity contribution is -0.383. The highest BCUT2D eigenvalue weighted by atomic mass is 16.6. The number of unbranched alkanes of at least 4 members (excludes halogenated alkanes) is 1. The highest BCUT2D eigenvalue weighted by molar-refractivity contribution is 6.32. The Morgan fingerprint density at radius 3 is 1.51 bits per heavy atom. The third kappa shape index (κ3) is 13.2. The minimum absolute atomic E-state index is 0.0162. The maximum Gasteiger partial charge on any atom is 0.281 e. The van der Waals surface area contributed by atoms with E-state index in [1.54, 1.807) is 40.1 Å². The van der Waals surface area contributed by atoms with Gasteiger partial charge in [0.15, 0.2) is 51.6 Å². The Morgan fingerprint density at radius 1 is 0.547 bits per heavy atom. The van der Waals surface area contributed by atoms with Crippen LogP contribution < -0.4 is 54.3 Å². The van der Waals surface area contributed by atoms with Crippen LogP contribution in [0.3, 0.4) is 0 Å². The van der Waals surface area contributed by atoms with Gasteiger partial charge >= 0.3 is 0 Å². The Labute approximate surface area is 597 Å². The smallest absolute Gasteiger partial charge is 0.281 e. The van der Waals surface area contributed by atoms with Crippen molar-refractivity contribution in [2.24, 2.45) is 20.5 Å². The van der Waals surface area contributed by atoms with Crippen LogP contribution in [0.25, 0.3) is 25.3 Å². The van der Waals surface area contributed by atoms with E-state index in [1.807, 2.05) is 6.92 Å². The summed E-state index contributed by atoms with van der Waals surface area (Å²) in [5.74, 6) is -2.57. The van der Waals surface area contributed by atoms with Crippen molar-refractivity contribution >= 4 is 102 Å². The fraction of sp³-hybridized carbons (Fsp3) is 0.189. The van der Waals surface area contributed by atoms with Crippen molar-refractivity contribution in [3.8, 4) is 23.3 Å². The molecule has 0 unspecified atom stereocenters. The summed E-state index contributed by atoms with van der Waals surface area (Å²) in [7, 11) is 3.26. The molecule has 4 aliphatic rings. The zero-order valence-electron chi connectivity index (χ0n) is 57.2. The van der Waals surface area contributed by atoms with Crippen molar-refractivity contribution in [1.29, 1.82) is 0 Å². The van der Waals surface area contributed by atoms with Crippen LogP contribution in [0.4, 0.5) is 68.5 Å². The molecule has 0 amide bonds. The summed E-state index contributed by atoms with van der Waals surface area (Å²) in [5.41, 5.74) is 0.358. The van der Waals surface area contributed by atoms with E-state index >= 15 is 0 Å². The van der Waals surface area contributed by atoms with E-state index in [4.69, 9.17) is 24.5 Å². The molecule has 0 spiro atoms. The van der Waals surface area contributed by atoms with E-state index in [9.17, 15) is 78.5 Å². The van der Waals surface area contributed by atoms with Gasteiger partial charge in [0.05, 0.1) is 86.4 Å². The molecule has 0 fully saturated rings. The van der Waals surface area contributed by atoms with Gasteiger partial charge in [0.1, 0.15) is 39.8 Å². The van der Waals surface area contributed by atoms with Gasteiger partial charge in [-0.25, -0.2) is 19.5 Å². The van der Waals surface area contributed by atoms with Gasteiger partial charge in [0, 0.05) is 62.1 Å². The van der Waals surface area contributed by atoms with E-state index < -0.39 is 99.5 Å². The number of anilines is 4. The molecule has 5 aromatic carbocycles. The van der Waals surface area contributed by atoms with Gasteiger partial charge in [-0.1, -0.05) is 68.8 Å². The largest absolute Gasteiger partial charge is 0.507 e. The summed E-state index contributed by atoms with van der Waals surface area (Å²) in [6.45, 7) is 31.9. The monoisotopic (exact) mass is 1430 g/mol. The number of fused-ring (bicyclic) bond motifs is 5. The summed E-state index contributed by atoms with van der Waals surface area (Å²) >= 11 is 0. The molecule has 3 heterocycles. The lowest BCUT2D eigenvalue weighted by atomic mass is 9.83. The number of ketones is 4. The number of phenols is 2. The van der Waals surface area contributed by atoms with Crippen LogP contribution in [0.15, 0.2) is 146 Å². The number of hydrazine groups is 1. The second kappa shape index (κ2) is 30.7. The van der Waals surface area contributed by atoms with Crippen LogP contribution in [0.2, 0.25) is 0 Å². The van der Waals surface area contributed by atoms with Crippen molar-refractivity contribution in [2.45, 2.75) is 67.0 Å². The molecule has 0 saturated heterocycles. The standard InChI is InChI=1S/C25H22N6O4.C25H20N4O5.C24H17N5O8/c1-13-20(26-2)25(28-11-12-35-4)29-24(27-3)21(13)31-30-16-9-5-7-14-18(16)22(33)15-8-6-10-17(32)19(15)23(14)34;1-4-5-12-29-24(33)20(26-3)13(2)21(25(29)34)28-27-16-10-6-8-14-18(16)22(31)15-9-7-11-17(30)19(15)23(14)32;1-4-9-28-23(34)19(25-3)10(2)20(24(28)35)27-26-11-5-6-12(29(36)37)16-15(11)21(32)17-13(30)7-8-14(31)18(17)22(16)33/h5-10,32H,11-12H2,1,3-4H3,(H2,27,28,29);6-11,30,33H,4-5,12H2,1-2H3;5-8,26-27,34H,4,9H2,1-2H3. The molecular weight excluding hydrogens is 1370 g/mol. The lowest BCUT2D eigenvalue weighted by Gasteiger charge is -2.19. The van der Waals surface area contributed by atoms with Crippen LogP contribution in [-0.4, -0.2) is 89.9 Å². The summed E-state index contributed by atoms with van der Waals surface area (Å²) in [6.07, 6.45) is 1.85. The number of non-ortho nitro benzene ring substituents is 1. The summed E-state index contributed by atoms with van der Waals surface area (Å²) < 4.78 is 7.12. The molecule has 0 atom stereocenters. The first kappa shape index (κ1) is 74.1. The maximum absolute atomic E-state index is 13.3. The first-order valence-electron chi connectivity index (χ1n) is 32.1. The van der Waals surface area contributed by atoms with Gasteiger partial charge in [0.25, 0.3) is 16.8 Å². The van der Waals surface area contributed by atoms with Crippen LogP contribution in [-0.2, 0) is 17.8 Å². The number of ether oxygens (including phenoxy) is 1. The number of carbonyl (C=O) groups excluding carboxylic acids is 4. The predicted molar refractivity (Wildman–Crippen MR) is 389 cm³/mol. The van der Waals surface area contributed by atoms with Crippen LogP contribution in [0.5, 0.6) is 23.3 Å². The minimum Gasteiger partial charge on any atom is -0.507 e. The molecule has 0 bridgehead atoms. The number of hydrogen-bond donors (Lipinski definition) is 8. The van der Waals surface area contributed by atoms with Gasteiger partial charge in [-0.15, -0.1) is 20.5 Å². The maximum atomic E-state index is 13.3. The van der Waals surface area contributed by atoms with Crippen LogP contribution in [0, 0.1) is 61.0 Å². The summed E-state index contributed by atoms with van der Waals surface area (Å²) in [6, 6.07) is 21.5. The number of rotatable bonds is 18. The number of nitrogens with one attached hydrogen (secondary N) is 4. The first-order valence-corrected chi connectivity index (χ1v) is 32.1. The van der Waals surface area contributed by atoms with E-state index in [0.717, 1.165) is 39.8 Å². The van der Waals surface area contributed by atoms with Gasteiger partial charge in [-0.3, -0.25) is 78.0 Å². The molecule has 532 valence electrons. The van der Waals surface area contributed by atoms with Crippen LogP contribution >= 0.6 is 0 Å². The highest BCUT2D eigenvalue weighted by Crippen LogP contribution is 2.44. The summed E-state index contributed by atoms with van der Waals surface area (Å²) in [5, 5.41) is 72.8. The average Bonchev–Trinajstić information content (AvgIpc) is 0.732. The lowest BCUT2D eigenvalue weighted by Crippen LogP contribution is -2.30. The molecule has 32 heteroatoms. The molecule has 0 radical (unpaired) electrons. The van der Waals surface area contributed by atoms with Crippen molar-refractivity contribution in [3.05, 3.63) is 275 Å². The third-order valence-electron chi connectivity index (χ3n) is 17.3. The molecule has 3 aromatic heterocycles. The van der Waals surface area contributed by atoms with Crippen molar-refractivity contribution in [2.75, 3.05) is 48.8 Å². The van der Waals surface area contributed by atoms with E-state index in [2.05, 4.69) is 61.5 Å². The van der Waals surface area contributed by atoms with Crippen molar-refractivity contribution in [3.63, 3.8) is 0 Å². The molecular formula is C74H59N15O17. The number of nitrogens with zero attached hydrogens (tertiary/aromatic N) is 11. The Bertz CT molecular complexity index is 6100. The predicted octanol–water partition coefficient (Wildman–Crippen LogP) is 11.4. The topological polar surface area (TPSA) is 437 Å². The van der Waals surface area contributed by atoms with Crippen molar-refractivity contribution < 1.29 is 49.3 Å². The minimum atomic E-state index is -1.15. The summed E-state index contributed by atoms with van der Waals surface area (Å²) in [4.78, 5) is 155. The first-order chi connectivity index (χ1) is 50.8. The molecule has 32 nitrogen and oxygen atoms in total. The second-order valence-corrected chi connectivity index (χ2v) is 23.6. The number of hydrogen-bond acceptors (Lipinski definition) is 26. The van der Waals surface area contributed by atoms with E-state index in [-0.39, 0.29) is 120 Å². The number of benzene rings is 5. The zero-order chi connectivity index (χ0) is 76.9. The third-order valence-corrected chi connectivity index (χ3v) is 17.3. The molecule has 0 aliphatic heterocycles. The Morgan fingerprint density at radius 2 is 1.02 bits per heavy atom. The Kier molecular flexibility index (Phi) is 21.5. The number of nitro groups is 1. The average molecular weight is 1430 g/mol. The zero-order valence-corrected chi connectivity index (χ0v) is 57.2. The fourth-order valence-corrected chi connectivity index (χ4v) is 12.1.